The van der Waals surface area contributed by atoms with Crippen LogP contribution in [0.15, 0.2) is 30.5 Å². The molecule has 0 spiro atoms. The third-order valence-electron chi connectivity index (χ3n) is 2.54. The van der Waals surface area contributed by atoms with Crippen molar-refractivity contribution in [1.29, 1.82) is 0 Å². The quantitative estimate of drug-likeness (QED) is 0.913. The minimum absolute atomic E-state index is 0.00814. The normalized spacial score (nSPS) is 10.2. The van der Waals surface area contributed by atoms with Gasteiger partial charge in [-0.25, -0.2) is 4.98 Å². The molecule has 5 heteroatoms. The number of nitrogens with one attached hydrogen (secondary N) is 1. The molecule has 1 amide bonds. The fourth-order valence-corrected chi connectivity index (χ4v) is 2.25. The largest absolute Gasteiger partial charge is 0.484 e. The molecule has 2 rings (SSSR count). The van der Waals surface area contributed by atoms with Gasteiger partial charge in [-0.15, -0.1) is 11.3 Å². The van der Waals surface area contributed by atoms with Crippen LogP contribution >= 0.6 is 11.3 Å². The summed E-state index contributed by atoms with van der Waals surface area (Å²) in [6, 6.07) is 7.75. The molecule has 0 aliphatic rings. The van der Waals surface area contributed by atoms with Crippen molar-refractivity contribution in [3.05, 3.63) is 40.9 Å². The van der Waals surface area contributed by atoms with Crippen molar-refractivity contribution in [3.8, 4) is 5.75 Å². The van der Waals surface area contributed by atoms with E-state index in [1.54, 1.807) is 6.20 Å². The molecule has 4 nitrogen and oxygen atoms in total. The number of thiazole rings is 1. The molecule has 0 saturated heterocycles. The molecule has 2 aromatic rings. The average Bonchev–Trinajstić information content (AvgIpc) is 2.82. The highest BCUT2D eigenvalue weighted by molar-refractivity contribution is 7.15. The zero-order chi connectivity index (χ0) is 13.7. The maximum absolute atomic E-state index is 11.7. The summed E-state index contributed by atoms with van der Waals surface area (Å²) in [7, 11) is 0. The highest BCUT2D eigenvalue weighted by atomic mass is 32.1. The average molecular weight is 276 g/mol. The zero-order valence-corrected chi connectivity index (χ0v) is 11.8. The molecule has 19 heavy (non-hydrogen) atoms. The maximum Gasteiger partial charge on any atom is 0.264 e. The number of nitrogens with zero attached hydrogens (tertiary/aromatic N) is 1. The zero-order valence-electron chi connectivity index (χ0n) is 11.0. The third kappa shape index (κ3) is 4.06. The number of aryl methyl sites for hydroxylation is 2. The fraction of sp³-hybridized carbons (Fsp3) is 0.286. The van der Waals surface area contributed by atoms with Gasteiger partial charge in [-0.3, -0.25) is 10.1 Å². The van der Waals surface area contributed by atoms with Gasteiger partial charge in [0.05, 0.1) is 0 Å². The molecule has 0 aliphatic carbocycles. The molecule has 0 bridgehead atoms. The molecule has 0 saturated carbocycles. The summed E-state index contributed by atoms with van der Waals surface area (Å²) in [5.74, 6) is 0.515. The van der Waals surface area contributed by atoms with E-state index >= 15 is 0 Å². The Bertz CT molecular complexity index is 566. The Morgan fingerprint density at radius 3 is 3.00 bits per heavy atom. The predicted octanol–water partition coefficient (Wildman–Crippen LogP) is 3.03. The minimum Gasteiger partial charge on any atom is -0.484 e. The van der Waals surface area contributed by atoms with Crippen LogP contribution < -0.4 is 10.1 Å². The van der Waals surface area contributed by atoms with Gasteiger partial charge in [0.2, 0.25) is 0 Å². The molecule has 0 aliphatic heterocycles. The van der Waals surface area contributed by atoms with Crippen LogP contribution in [0.1, 0.15) is 17.4 Å². The lowest BCUT2D eigenvalue weighted by Crippen LogP contribution is -2.20. The van der Waals surface area contributed by atoms with E-state index in [0.29, 0.717) is 10.9 Å². The topological polar surface area (TPSA) is 51.2 Å². The van der Waals surface area contributed by atoms with Gasteiger partial charge in [0.1, 0.15) is 5.75 Å². The summed E-state index contributed by atoms with van der Waals surface area (Å²) in [6.45, 7) is 4.02. The van der Waals surface area contributed by atoms with Crippen LogP contribution in [-0.2, 0) is 11.2 Å². The first-order valence-electron chi connectivity index (χ1n) is 6.11. The molecule has 1 N–H and O–H groups in total. The highest BCUT2D eigenvalue weighted by Gasteiger charge is 2.06. The first kappa shape index (κ1) is 13.5. The van der Waals surface area contributed by atoms with Crippen LogP contribution in [0.5, 0.6) is 5.75 Å². The number of benzene rings is 1. The monoisotopic (exact) mass is 276 g/mol. The maximum atomic E-state index is 11.7. The predicted molar refractivity (Wildman–Crippen MR) is 76.8 cm³/mol. The van der Waals surface area contributed by atoms with E-state index in [0.717, 1.165) is 11.3 Å². The Morgan fingerprint density at radius 2 is 2.32 bits per heavy atom. The second-order valence-corrected chi connectivity index (χ2v) is 5.35. The van der Waals surface area contributed by atoms with Crippen molar-refractivity contribution in [3.63, 3.8) is 0 Å². The number of aromatic nitrogens is 1. The van der Waals surface area contributed by atoms with Crippen LogP contribution in [0.25, 0.3) is 0 Å². The van der Waals surface area contributed by atoms with Crippen molar-refractivity contribution in [1.82, 2.24) is 4.98 Å². The fourth-order valence-electron chi connectivity index (χ4n) is 1.57. The number of rotatable bonds is 5. The molecule has 1 aromatic carbocycles. The Labute approximate surface area is 116 Å². The van der Waals surface area contributed by atoms with E-state index in [4.69, 9.17) is 4.74 Å². The number of ether oxygens (including phenoxy) is 1. The van der Waals surface area contributed by atoms with Gasteiger partial charge in [0.15, 0.2) is 11.7 Å². The van der Waals surface area contributed by atoms with E-state index in [1.807, 2.05) is 31.2 Å². The summed E-state index contributed by atoms with van der Waals surface area (Å²) < 4.78 is 5.45. The van der Waals surface area contributed by atoms with Gasteiger partial charge in [-0.1, -0.05) is 19.1 Å². The van der Waals surface area contributed by atoms with E-state index in [1.165, 1.54) is 16.9 Å². The standard InChI is InChI=1S/C14H16N2O2S/c1-3-11-5-4-6-12(7-11)18-9-13(17)16-14-15-8-10(2)19-14/h4-8H,3,9H2,1-2H3,(H,15,16,17). The number of hydrogen-bond acceptors (Lipinski definition) is 4. The first-order valence-corrected chi connectivity index (χ1v) is 6.93. The van der Waals surface area contributed by atoms with Gasteiger partial charge in [-0.2, -0.15) is 0 Å². The Morgan fingerprint density at radius 1 is 1.47 bits per heavy atom. The van der Waals surface area contributed by atoms with E-state index in [-0.39, 0.29) is 12.5 Å². The number of amides is 1. The highest BCUT2D eigenvalue weighted by Crippen LogP contribution is 2.17. The van der Waals surface area contributed by atoms with Gasteiger partial charge < -0.3 is 4.74 Å². The second kappa shape index (κ2) is 6.33. The summed E-state index contributed by atoms with van der Waals surface area (Å²) >= 11 is 1.45. The van der Waals surface area contributed by atoms with Crippen molar-refractivity contribution >= 4 is 22.4 Å². The second-order valence-electron chi connectivity index (χ2n) is 4.11. The molecular formula is C14H16N2O2S. The molecule has 0 unspecified atom stereocenters. The Hall–Kier alpha value is -1.88. The number of anilines is 1. The molecule has 100 valence electrons. The number of carbonyl (C=O) groups is 1. The molecular weight excluding hydrogens is 260 g/mol. The lowest BCUT2D eigenvalue weighted by molar-refractivity contribution is -0.118. The first-order chi connectivity index (χ1) is 9.17. The summed E-state index contributed by atoms with van der Waals surface area (Å²) in [4.78, 5) is 16.8. The summed E-state index contributed by atoms with van der Waals surface area (Å²) in [5, 5.41) is 3.31. The van der Waals surface area contributed by atoms with Crippen LogP contribution in [-0.4, -0.2) is 17.5 Å². The molecule has 0 fully saturated rings. The molecule has 1 heterocycles. The lowest BCUT2D eigenvalue weighted by atomic mass is 10.2. The Kier molecular flexibility index (Phi) is 4.52. The molecule has 0 atom stereocenters. The van der Waals surface area contributed by atoms with Gasteiger partial charge in [0, 0.05) is 11.1 Å². The van der Waals surface area contributed by atoms with Gasteiger partial charge in [-0.05, 0) is 31.0 Å². The number of carbonyl (C=O) groups excluding carboxylic acids is 1. The van der Waals surface area contributed by atoms with Crippen LogP contribution in [0, 0.1) is 6.92 Å². The lowest BCUT2D eigenvalue weighted by Gasteiger charge is -2.06. The van der Waals surface area contributed by atoms with Crippen LogP contribution in [0.3, 0.4) is 0 Å². The SMILES string of the molecule is CCc1cccc(OCC(=O)Nc2ncc(C)s2)c1. The molecule has 0 radical (unpaired) electrons. The van der Waals surface area contributed by atoms with Crippen LogP contribution in [0.4, 0.5) is 5.13 Å². The van der Waals surface area contributed by atoms with Crippen molar-refractivity contribution in [2.45, 2.75) is 20.3 Å². The van der Waals surface area contributed by atoms with E-state index in [2.05, 4.69) is 17.2 Å². The van der Waals surface area contributed by atoms with E-state index in [9.17, 15) is 4.79 Å². The van der Waals surface area contributed by atoms with Gasteiger partial charge >= 0.3 is 0 Å². The van der Waals surface area contributed by atoms with E-state index < -0.39 is 0 Å². The summed E-state index contributed by atoms with van der Waals surface area (Å²) in [5.41, 5.74) is 1.19. The minimum atomic E-state index is -0.198. The molecule has 1 aromatic heterocycles. The van der Waals surface area contributed by atoms with Gasteiger partial charge in [0.25, 0.3) is 5.91 Å². The number of hydrogen-bond donors (Lipinski definition) is 1. The third-order valence-corrected chi connectivity index (χ3v) is 3.37. The summed E-state index contributed by atoms with van der Waals surface area (Å²) in [6.07, 6.45) is 2.67. The van der Waals surface area contributed by atoms with Crippen molar-refractivity contribution in [2.75, 3.05) is 11.9 Å². The van der Waals surface area contributed by atoms with Crippen molar-refractivity contribution in [2.24, 2.45) is 0 Å². The smallest absolute Gasteiger partial charge is 0.264 e. The Balaban J connectivity index is 1.86. The van der Waals surface area contributed by atoms with Crippen molar-refractivity contribution < 1.29 is 9.53 Å². The van der Waals surface area contributed by atoms with Crippen LogP contribution in [0.2, 0.25) is 0 Å².